The molecule has 7 nitrogen and oxygen atoms in total. The van der Waals surface area contributed by atoms with Gasteiger partial charge in [-0.05, 0) is 20.3 Å². The molecule has 8 heteroatoms. The van der Waals surface area contributed by atoms with E-state index in [1.165, 1.54) is 0 Å². The average Bonchev–Trinajstić information content (AvgIpc) is 2.78. The van der Waals surface area contributed by atoms with E-state index in [9.17, 15) is 13.2 Å². The summed E-state index contributed by atoms with van der Waals surface area (Å²) in [7, 11) is -3.07. The summed E-state index contributed by atoms with van der Waals surface area (Å²) in [5.74, 6) is 0.346. The van der Waals surface area contributed by atoms with Gasteiger partial charge in [0.15, 0.2) is 9.84 Å². The van der Waals surface area contributed by atoms with Gasteiger partial charge in [0.1, 0.15) is 0 Å². The normalized spacial score (nSPS) is 25.9. The number of amides is 2. The van der Waals surface area contributed by atoms with Gasteiger partial charge in [-0.2, -0.15) is 0 Å². The van der Waals surface area contributed by atoms with E-state index in [4.69, 9.17) is 4.52 Å². The van der Waals surface area contributed by atoms with Crippen LogP contribution in [0.1, 0.15) is 19.0 Å². The fourth-order valence-electron chi connectivity index (χ4n) is 1.89. The van der Waals surface area contributed by atoms with Crippen LogP contribution in [0.5, 0.6) is 0 Å². The Morgan fingerprint density at radius 3 is 2.78 bits per heavy atom. The van der Waals surface area contributed by atoms with Crippen molar-refractivity contribution in [3.8, 4) is 0 Å². The molecular formula is C10H15N3O4S. The van der Waals surface area contributed by atoms with Crippen LogP contribution in [-0.2, 0) is 9.84 Å². The summed E-state index contributed by atoms with van der Waals surface area (Å²) in [6.07, 6.45) is 0.437. The van der Waals surface area contributed by atoms with Gasteiger partial charge < -0.3 is 9.84 Å². The SMILES string of the molecule is Cc1cc(NC(=O)N[C@@H]2CCS(=O)(=O)[C@@H]2C)on1. The molecule has 2 rings (SSSR count). The van der Waals surface area contributed by atoms with Gasteiger partial charge in [0.25, 0.3) is 0 Å². The van der Waals surface area contributed by atoms with Crippen molar-refractivity contribution in [1.29, 1.82) is 0 Å². The molecule has 1 aliphatic heterocycles. The number of nitrogens with one attached hydrogen (secondary N) is 2. The molecule has 0 aromatic carbocycles. The largest absolute Gasteiger partial charge is 0.338 e. The van der Waals surface area contributed by atoms with Crippen LogP contribution >= 0.6 is 0 Å². The smallest absolute Gasteiger partial charge is 0.321 e. The highest BCUT2D eigenvalue weighted by atomic mass is 32.2. The highest BCUT2D eigenvalue weighted by Crippen LogP contribution is 2.20. The number of aryl methyl sites for hydroxylation is 1. The van der Waals surface area contributed by atoms with Crippen LogP contribution in [0.15, 0.2) is 10.6 Å². The van der Waals surface area contributed by atoms with Gasteiger partial charge in [0.05, 0.1) is 16.7 Å². The number of sulfone groups is 1. The van der Waals surface area contributed by atoms with Gasteiger partial charge in [-0.1, -0.05) is 5.16 Å². The summed E-state index contributed by atoms with van der Waals surface area (Å²) in [5, 5.41) is 8.16. The van der Waals surface area contributed by atoms with Gasteiger partial charge >= 0.3 is 6.03 Å². The van der Waals surface area contributed by atoms with Gasteiger partial charge in [-0.3, -0.25) is 5.32 Å². The Bertz CT molecular complexity index is 551. The van der Waals surface area contributed by atoms with Crippen LogP contribution < -0.4 is 10.6 Å². The van der Waals surface area contributed by atoms with Crippen LogP contribution in [0, 0.1) is 6.92 Å². The van der Waals surface area contributed by atoms with Crippen molar-refractivity contribution in [2.24, 2.45) is 0 Å². The Balaban J connectivity index is 1.93. The third-order valence-electron chi connectivity index (χ3n) is 3.03. The molecule has 2 atom stereocenters. The summed E-state index contributed by atoms with van der Waals surface area (Å²) in [5.41, 5.74) is 0.655. The number of hydrogen-bond donors (Lipinski definition) is 2. The number of carbonyl (C=O) groups is 1. The predicted octanol–water partition coefficient (Wildman–Crippen LogP) is 0.680. The monoisotopic (exact) mass is 273 g/mol. The Morgan fingerprint density at radius 1 is 1.56 bits per heavy atom. The second-order valence-electron chi connectivity index (χ2n) is 4.40. The average molecular weight is 273 g/mol. The van der Waals surface area contributed by atoms with Crippen LogP contribution in [-0.4, -0.2) is 36.7 Å². The van der Waals surface area contributed by atoms with E-state index >= 15 is 0 Å². The number of urea groups is 1. The van der Waals surface area contributed by atoms with E-state index in [1.807, 2.05) is 0 Å². The van der Waals surface area contributed by atoms with Crippen molar-refractivity contribution in [3.05, 3.63) is 11.8 Å². The molecule has 2 heterocycles. The lowest BCUT2D eigenvalue weighted by Gasteiger charge is -2.15. The van der Waals surface area contributed by atoms with Crippen molar-refractivity contribution in [2.75, 3.05) is 11.1 Å². The third-order valence-corrected chi connectivity index (χ3v) is 5.29. The van der Waals surface area contributed by atoms with Crippen molar-refractivity contribution < 1.29 is 17.7 Å². The zero-order valence-electron chi connectivity index (χ0n) is 10.1. The summed E-state index contributed by atoms with van der Waals surface area (Å²) < 4.78 is 27.9. The maximum absolute atomic E-state index is 11.6. The molecule has 1 aromatic rings. The number of hydrogen-bond acceptors (Lipinski definition) is 5. The first-order valence-corrected chi connectivity index (χ1v) is 7.32. The maximum atomic E-state index is 11.6. The zero-order chi connectivity index (χ0) is 13.3. The zero-order valence-corrected chi connectivity index (χ0v) is 11.0. The van der Waals surface area contributed by atoms with E-state index < -0.39 is 21.1 Å². The first-order valence-electron chi connectivity index (χ1n) is 5.61. The Hall–Kier alpha value is -1.57. The van der Waals surface area contributed by atoms with Gasteiger partial charge in [-0.15, -0.1) is 0 Å². The molecule has 1 aromatic heterocycles. The quantitative estimate of drug-likeness (QED) is 0.825. The fourth-order valence-corrected chi connectivity index (χ4v) is 3.55. The molecule has 1 fully saturated rings. The number of nitrogens with zero attached hydrogens (tertiary/aromatic N) is 1. The fraction of sp³-hybridized carbons (Fsp3) is 0.600. The third kappa shape index (κ3) is 2.63. The number of carbonyl (C=O) groups excluding carboxylic acids is 1. The van der Waals surface area contributed by atoms with Crippen molar-refractivity contribution in [2.45, 2.75) is 31.6 Å². The highest BCUT2D eigenvalue weighted by Gasteiger charge is 2.37. The second kappa shape index (κ2) is 4.60. The van der Waals surface area contributed by atoms with Gasteiger partial charge in [-0.25, -0.2) is 13.2 Å². The van der Waals surface area contributed by atoms with Gasteiger partial charge in [0.2, 0.25) is 5.88 Å². The molecule has 1 aliphatic rings. The number of anilines is 1. The molecule has 0 spiro atoms. The molecule has 0 aliphatic carbocycles. The van der Waals surface area contributed by atoms with Crippen molar-refractivity contribution >= 4 is 21.8 Å². The first-order chi connectivity index (χ1) is 8.38. The lowest BCUT2D eigenvalue weighted by molar-refractivity contribution is 0.247. The summed E-state index contributed by atoms with van der Waals surface area (Å²) >= 11 is 0. The van der Waals surface area contributed by atoms with Crippen LogP contribution in [0.4, 0.5) is 10.7 Å². The predicted molar refractivity (Wildman–Crippen MR) is 65.0 cm³/mol. The van der Waals surface area contributed by atoms with E-state index in [0.29, 0.717) is 12.1 Å². The van der Waals surface area contributed by atoms with Crippen LogP contribution in [0.25, 0.3) is 0 Å². The molecule has 100 valence electrons. The van der Waals surface area contributed by atoms with E-state index in [2.05, 4.69) is 15.8 Å². The van der Waals surface area contributed by atoms with E-state index in [0.717, 1.165) is 0 Å². The summed E-state index contributed by atoms with van der Waals surface area (Å²) in [6, 6.07) is 0.730. The van der Waals surface area contributed by atoms with E-state index in [1.54, 1.807) is 19.9 Å². The lowest BCUT2D eigenvalue weighted by atomic mass is 10.2. The molecule has 18 heavy (non-hydrogen) atoms. The van der Waals surface area contributed by atoms with Crippen molar-refractivity contribution in [1.82, 2.24) is 10.5 Å². The summed E-state index contributed by atoms with van der Waals surface area (Å²) in [6.45, 7) is 3.34. The summed E-state index contributed by atoms with van der Waals surface area (Å²) in [4.78, 5) is 11.6. The number of rotatable bonds is 2. The first kappa shape index (κ1) is 12.9. The maximum Gasteiger partial charge on any atom is 0.321 e. The molecule has 0 unspecified atom stereocenters. The minimum atomic E-state index is -3.07. The topological polar surface area (TPSA) is 101 Å². The lowest BCUT2D eigenvalue weighted by Crippen LogP contribution is -2.42. The highest BCUT2D eigenvalue weighted by molar-refractivity contribution is 7.92. The van der Waals surface area contributed by atoms with Crippen LogP contribution in [0.2, 0.25) is 0 Å². The molecule has 0 saturated carbocycles. The minimum absolute atomic E-state index is 0.112. The van der Waals surface area contributed by atoms with Gasteiger partial charge in [0, 0.05) is 12.1 Å². The molecule has 1 saturated heterocycles. The molecule has 2 amide bonds. The standard InChI is InChI=1S/C10H15N3O4S/c1-6-5-9(17-13-6)12-10(14)11-8-3-4-18(15,16)7(8)2/h5,7-8H,3-4H2,1-2H3,(H2,11,12,14)/t7-,8-/m1/s1. The molecular weight excluding hydrogens is 258 g/mol. The van der Waals surface area contributed by atoms with Crippen LogP contribution in [0.3, 0.4) is 0 Å². The second-order valence-corrected chi connectivity index (χ2v) is 6.88. The Kier molecular flexibility index (Phi) is 3.29. The Morgan fingerprint density at radius 2 is 2.28 bits per heavy atom. The molecule has 0 radical (unpaired) electrons. The van der Waals surface area contributed by atoms with Crippen molar-refractivity contribution in [3.63, 3.8) is 0 Å². The molecule has 2 N–H and O–H groups in total. The number of aromatic nitrogens is 1. The minimum Gasteiger partial charge on any atom is -0.338 e. The Labute approximate surface area is 105 Å². The van der Waals surface area contributed by atoms with E-state index in [-0.39, 0.29) is 17.7 Å². The molecule has 0 bridgehead atoms.